The fourth-order valence-corrected chi connectivity index (χ4v) is 3.43. The van der Waals surface area contributed by atoms with Crippen LogP contribution in [-0.2, 0) is 16.0 Å². The van der Waals surface area contributed by atoms with E-state index in [2.05, 4.69) is 15.4 Å². The van der Waals surface area contributed by atoms with E-state index < -0.39 is 24.5 Å². The lowest BCUT2D eigenvalue weighted by molar-refractivity contribution is -0.128. The number of hydrogen-bond donors (Lipinski definition) is 2. The number of benzene rings is 3. The molecule has 164 valence electrons. The Morgan fingerprint density at radius 2 is 1.81 bits per heavy atom. The standard InChI is InChI=1S/C24H20F2N2O4/c25-24(26)32-19-11-10-17(13-16(19)12-15-6-2-1-3-7-15)27-22(29)14-21-23(30)28-18-8-4-5-9-20(18)31-21/h1-11,13,21,24H,12,14H2,(H,27,29)(H,28,30)/t21-/m1/s1. The molecule has 0 unspecified atom stereocenters. The largest absolute Gasteiger partial charge is 0.478 e. The highest BCUT2D eigenvalue weighted by Gasteiger charge is 2.29. The van der Waals surface area contributed by atoms with Gasteiger partial charge in [-0.1, -0.05) is 42.5 Å². The van der Waals surface area contributed by atoms with E-state index in [1.807, 2.05) is 30.3 Å². The van der Waals surface area contributed by atoms with Crippen LogP contribution in [0.4, 0.5) is 20.2 Å². The van der Waals surface area contributed by atoms with Crippen molar-refractivity contribution >= 4 is 23.2 Å². The van der Waals surface area contributed by atoms with E-state index in [1.165, 1.54) is 12.1 Å². The minimum absolute atomic E-state index is 0.0356. The van der Waals surface area contributed by atoms with Crippen LogP contribution in [0.3, 0.4) is 0 Å². The zero-order valence-corrected chi connectivity index (χ0v) is 16.9. The maximum atomic E-state index is 12.8. The summed E-state index contributed by atoms with van der Waals surface area (Å²) in [5, 5.41) is 5.41. The molecule has 1 aliphatic rings. The molecule has 0 fully saturated rings. The normalized spacial score (nSPS) is 14.8. The molecule has 4 rings (SSSR count). The Morgan fingerprint density at radius 3 is 2.59 bits per heavy atom. The summed E-state index contributed by atoms with van der Waals surface area (Å²) in [5.41, 5.74) is 2.35. The van der Waals surface area contributed by atoms with Crippen molar-refractivity contribution in [2.24, 2.45) is 0 Å². The summed E-state index contributed by atoms with van der Waals surface area (Å²) in [6.45, 7) is -2.96. The predicted molar refractivity (Wildman–Crippen MR) is 115 cm³/mol. The average molecular weight is 438 g/mol. The number of anilines is 2. The third-order valence-corrected chi connectivity index (χ3v) is 4.88. The quantitative estimate of drug-likeness (QED) is 0.565. The van der Waals surface area contributed by atoms with Crippen LogP contribution < -0.4 is 20.1 Å². The zero-order chi connectivity index (χ0) is 22.5. The maximum Gasteiger partial charge on any atom is 0.387 e. The molecule has 0 aromatic heterocycles. The molecule has 3 aromatic rings. The second kappa shape index (κ2) is 9.47. The first-order valence-electron chi connectivity index (χ1n) is 9.96. The number of ether oxygens (including phenoxy) is 2. The number of rotatable bonds is 7. The Kier molecular flexibility index (Phi) is 6.30. The molecule has 0 saturated carbocycles. The summed E-state index contributed by atoms with van der Waals surface area (Å²) in [6.07, 6.45) is -0.837. The minimum Gasteiger partial charge on any atom is -0.478 e. The van der Waals surface area contributed by atoms with Crippen molar-refractivity contribution in [2.45, 2.75) is 25.6 Å². The predicted octanol–water partition coefficient (Wildman–Crippen LogP) is 4.61. The first kappa shape index (κ1) is 21.3. The molecule has 2 N–H and O–H groups in total. The van der Waals surface area contributed by atoms with Crippen LogP contribution in [0.2, 0.25) is 0 Å². The van der Waals surface area contributed by atoms with E-state index in [4.69, 9.17) is 4.74 Å². The van der Waals surface area contributed by atoms with Crippen molar-refractivity contribution in [1.82, 2.24) is 0 Å². The molecular formula is C24H20F2N2O4. The lowest BCUT2D eigenvalue weighted by atomic mass is 10.0. The van der Waals surface area contributed by atoms with E-state index in [-0.39, 0.29) is 12.2 Å². The van der Waals surface area contributed by atoms with Crippen LogP contribution in [0.15, 0.2) is 72.8 Å². The topological polar surface area (TPSA) is 76.7 Å². The van der Waals surface area contributed by atoms with Gasteiger partial charge >= 0.3 is 6.61 Å². The third-order valence-electron chi connectivity index (χ3n) is 4.88. The van der Waals surface area contributed by atoms with Gasteiger partial charge in [-0.3, -0.25) is 9.59 Å². The zero-order valence-electron chi connectivity index (χ0n) is 16.9. The van der Waals surface area contributed by atoms with Crippen LogP contribution in [0, 0.1) is 0 Å². The van der Waals surface area contributed by atoms with Gasteiger partial charge in [0.05, 0.1) is 12.1 Å². The van der Waals surface area contributed by atoms with Crippen LogP contribution in [0.5, 0.6) is 11.5 Å². The Hall–Kier alpha value is -3.94. The average Bonchev–Trinajstić information content (AvgIpc) is 2.76. The number of carbonyl (C=O) groups is 2. The molecule has 0 saturated heterocycles. The van der Waals surface area contributed by atoms with E-state index in [0.717, 1.165) is 5.56 Å². The molecule has 32 heavy (non-hydrogen) atoms. The van der Waals surface area contributed by atoms with Crippen molar-refractivity contribution < 1.29 is 27.8 Å². The molecule has 8 heteroatoms. The van der Waals surface area contributed by atoms with Crippen LogP contribution in [0.1, 0.15) is 17.5 Å². The van der Waals surface area contributed by atoms with Crippen molar-refractivity contribution in [2.75, 3.05) is 10.6 Å². The summed E-state index contributed by atoms with van der Waals surface area (Å²) in [5.74, 6) is -0.334. The van der Waals surface area contributed by atoms with Crippen LogP contribution in [0.25, 0.3) is 0 Å². The first-order chi connectivity index (χ1) is 15.5. The highest BCUT2D eigenvalue weighted by molar-refractivity contribution is 6.02. The number of fused-ring (bicyclic) bond motifs is 1. The van der Waals surface area contributed by atoms with Gasteiger partial charge in [-0.05, 0) is 35.9 Å². The van der Waals surface area contributed by atoms with E-state index in [0.29, 0.717) is 29.1 Å². The van der Waals surface area contributed by atoms with Crippen molar-refractivity contribution in [3.8, 4) is 11.5 Å². The molecule has 1 heterocycles. The summed E-state index contributed by atoms with van der Waals surface area (Å²) in [6, 6.07) is 20.7. The third kappa shape index (κ3) is 5.21. The van der Waals surface area contributed by atoms with Crippen molar-refractivity contribution in [3.05, 3.63) is 83.9 Å². The molecule has 1 aliphatic heterocycles. The van der Waals surface area contributed by atoms with Gasteiger partial charge in [-0.25, -0.2) is 0 Å². The molecule has 3 aromatic carbocycles. The van der Waals surface area contributed by atoms with E-state index >= 15 is 0 Å². The number of hydrogen-bond acceptors (Lipinski definition) is 4. The van der Waals surface area contributed by atoms with Gasteiger partial charge in [-0.2, -0.15) is 8.78 Å². The smallest absolute Gasteiger partial charge is 0.387 e. The molecule has 0 radical (unpaired) electrons. The van der Waals surface area contributed by atoms with Crippen molar-refractivity contribution in [1.29, 1.82) is 0 Å². The Bertz CT molecular complexity index is 1120. The molecule has 0 aliphatic carbocycles. The van der Waals surface area contributed by atoms with Gasteiger partial charge in [-0.15, -0.1) is 0 Å². The molecule has 6 nitrogen and oxygen atoms in total. The van der Waals surface area contributed by atoms with Gasteiger partial charge in [0.2, 0.25) is 5.91 Å². The minimum atomic E-state index is -2.96. The fraction of sp³-hybridized carbons (Fsp3) is 0.167. The molecule has 0 spiro atoms. The number of para-hydroxylation sites is 2. The Balaban J connectivity index is 1.47. The fourth-order valence-electron chi connectivity index (χ4n) is 3.43. The molecule has 2 amide bonds. The summed E-state index contributed by atoms with van der Waals surface area (Å²) >= 11 is 0. The maximum absolute atomic E-state index is 12.8. The molecule has 0 bridgehead atoms. The number of alkyl halides is 2. The first-order valence-corrected chi connectivity index (χ1v) is 9.96. The monoisotopic (exact) mass is 438 g/mol. The summed E-state index contributed by atoms with van der Waals surface area (Å²) in [4.78, 5) is 24.8. The second-order valence-electron chi connectivity index (χ2n) is 7.21. The highest BCUT2D eigenvalue weighted by atomic mass is 19.3. The van der Waals surface area contributed by atoms with Crippen molar-refractivity contribution in [3.63, 3.8) is 0 Å². The van der Waals surface area contributed by atoms with Crippen LogP contribution >= 0.6 is 0 Å². The van der Waals surface area contributed by atoms with Crippen LogP contribution in [-0.4, -0.2) is 24.5 Å². The summed E-state index contributed by atoms with van der Waals surface area (Å²) < 4.78 is 35.9. The Labute approximate surface area is 183 Å². The van der Waals surface area contributed by atoms with Gasteiger partial charge in [0.1, 0.15) is 11.5 Å². The van der Waals surface area contributed by atoms with Gasteiger partial charge < -0.3 is 20.1 Å². The second-order valence-corrected chi connectivity index (χ2v) is 7.21. The molecule has 1 atom stereocenters. The number of amides is 2. The highest BCUT2D eigenvalue weighted by Crippen LogP contribution is 2.30. The number of nitrogens with one attached hydrogen (secondary N) is 2. The van der Waals surface area contributed by atoms with E-state index in [1.54, 1.807) is 30.3 Å². The molecular weight excluding hydrogens is 418 g/mol. The lowest BCUT2D eigenvalue weighted by Gasteiger charge is -2.25. The van der Waals surface area contributed by atoms with Gasteiger partial charge in [0.25, 0.3) is 5.91 Å². The number of halogens is 2. The lowest BCUT2D eigenvalue weighted by Crippen LogP contribution is -2.39. The SMILES string of the molecule is O=C(C[C@H]1Oc2ccccc2NC1=O)Nc1ccc(OC(F)F)c(Cc2ccccc2)c1. The van der Waals surface area contributed by atoms with Gasteiger partial charge in [0.15, 0.2) is 6.10 Å². The Morgan fingerprint density at radius 1 is 1.06 bits per heavy atom. The van der Waals surface area contributed by atoms with Gasteiger partial charge in [0, 0.05) is 17.7 Å². The number of carbonyl (C=O) groups excluding carboxylic acids is 2. The summed E-state index contributed by atoms with van der Waals surface area (Å²) in [7, 11) is 0. The van der Waals surface area contributed by atoms with E-state index in [9.17, 15) is 18.4 Å².